The van der Waals surface area contributed by atoms with Crippen LogP contribution in [0, 0.1) is 28.1 Å². The standard InChI is InChI=1S/C18H18N2O2/c1-18(2)13(10-19)17(20)22-15-9-12(8-14(21)16(15)18)11-6-4-3-5-7-11/h3-7,12-13,20H,8-9H2,1-2H3. The van der Waals surface area contributed by atoms with Gasteiger partial charge in [0.15, 0.2) is 5.78 Å². The van der Waals surface area contributed by atoms with Gasteiger partial charge in [-0.15, -0.1) is 0 Å². The van der Waals surface area contributed by atoms with E-state index in [1.54, 1.807) is 0 Å². The second-order valence-corrected chi connectivity index (χ2v) is 6.49. The van der Waals surface area contributed by atoms with Crippen molar-refractivity contribution in [1.29, 1.82) is 10.7 Å². The van der Waals surface area contributed by atoms with Gasteiger partial charge in [0.05, 0.1) is 6.07 Å². The first kappa shape index (κ1) is 14.5. The third kappa shape index (κ3) is 2.14. The van der Waals surface area contributed by atoms with E-state index >= 15 is 0 Å². The Morgan fingerprint density at radius 3 is 2.59 bits per heavy atom. The molecule has 4 nitrogen and oxygen atoms in total. The molecule has 1 N–H and O–H groups in total. The molecule has 2 atom stereocenters. The Labute approximate surface area is 129 Å². The van der Waals surface area contributed by atoms with Gasteiger partial charge in [0, 0.05) is 23.8 Å². The van der Waals surface area contributed by atoms with E-state index in [4.69, 9.17) is 10.1 Å². The summed E-state index contributed by atoms with van der Waals surface area (Å²) in [7, 11) is 0. The molecule has 0 amide bonds. The second-order valence-electron chi connectivity index (χ2n) is 6.49. The number of rotatable bonds is 1. The molecule has 1 aromatic rings. The third-order valence-electron chi connectivity index (χ3n) is 4.68. The first-order valence-corrected chi connectivity index (χ1v) is 7.42. The number of carbonyl (C=O) groups is 1. The van der Waals surface area contributed by atoms with Gasteiger partial charge in [-0.25, -0.2) is 0 Å². The molecular weight excluding hydrogens is 276 g/mol. The molecule has 3 rings (SSSR count). The van der Waals surface area contributed by atoms with E-state index in [0.717, 1.165) is 5.56 Å². The molecule has 4 heteroatoms. The summed E-state index contributed by atoms with van der Waals surface area (Å²) in [5, 5.41) is 17.3. The fourth-order valence-corrected chi connectivity index (χ4v) is 3.54. The molecule has 22 heavy (non-hydrogen) atoms. The summed E-state index contributed by atoms with van der Waals surface area (Å²) in [5.74, 6) is -0.0645. The number of ketones is 1. The molecule has 0 saturated carbocycles. The molecule has 0 saturated heterocycles. The van der Waals surface area contributed by atoms with Crippen LogP contribution in [-0.4, -0.2) is 11.7 Å². The van der Waals surface area contributed by atoms with Crippen LogP contribution in [-0.2, 0) is 9.53 Å². The summed E-state index contributed by atoms with van der Waals surface area (Å²) in [6.07, 6.45) is 1.04. The lowest BCUT2D eigenvalue weighted by Gasteiger charge is -2.41. The van der Waals surface area contributed by atoms with Gasteiger partial charge in [0.2, 0.25) is 5.90 Å². The van der Waals surface area contributed by atoms with Gasteiger partial charge in [0.1, 0.15) is 11.7 Å². The normalized spacial score (nSPS) is 27.0. The van der Waals surface area contributed by atoms with Gasteiger partial charge in [0.25, 0.3) is 0 Å². The van der Waals surface area contributed by atoms with Gasteiger partial charge in [-0.1, -0.05) is 44.2 Å². The number of hydrogen-bond donors (Lipinski definition) is 1. The van der Waals surface area contributed by atoms with Gasteiger partial charge in [-0.3, -0.25) is 10.2 Å². The summed E-state index contributed by atoms with van der Waals surface area (Å²) < 4.78 is 5.57. The number of nitrogens with zero attached hydrogens (tertiary/aromatic N) is 1. The lowest BCUT2D eigenvalue weighted by atomic mass is 9.66. The molecule has 2 aliphatic rings. The highest BCUT2D eigenvalue weighted by atomic mass is 16.5. The minimum absolute atomic E-state index is 0.0350. The Morgan fingerprint density at radius 1 is 1.27 bits per heavy atom. The first-order valence-electron chi connectivity index (χ1n) is 7.42. The van der Waals surface area contributed by atoms with Gasteiger partial charge >= 0.3 is 0 Å². The molecule has 0 aromatic heterocycles. The molecular formula is C18H18N2O2. The lowest BCUT2D eigenvalue weighted by molar-refractivity contribution is -0.118. The van der Waals surface area contributed by atoms with Crippen LogP contribution < -0.4 is 0 Å². The zero-order valence-electron chi connectivity index (χ0n) is 12.7. The van der Waals surface area contributed by atoms with Crippen LogP contribution in [0.25, 0.3) is 0 Å². The van der Waals surface area contributed by atoms with Gasteiger partial charge in [-0.2, -0.15) is 5.26 Å². The van der Waals surface area contributed by atoms with Crippen molar-refractivity contribution in [3.05, 3.63) is 47.2 Å². The maximum Gasteiger partial charge on any atom is 0.205 e. The SMILES string of the molecule is CC1(C)C2=C(CC(c3ccccc3)CC2=O)OC(=N)C1C#N. The maximum atomic E-state index is 12.7. The highest BCUT2D eigenvalue weighted by molar-refractivity contribution is 6.01. The fraction of sp³-hybridized carbons (Fsp3) is 0.389. The van der Waals surface area contributed by atoms with Crippen LogP contribution in [0.2, 0.25) is 0 Å². The Bertz CT molecular complexity index is 710. The number of hydrogen-bond acceptors (Lipinski definition) is 4. The predicted octanol–water partition coefficient (Wildman–Crippen LogP) is 3.56. The Kier molecular flexibility index (Phi) is 3.37. The molecule has 1 aliphatic carbocycles. The summed E-state index contributed by atoms with van der Waals surface area (Å²) in [4.78, 5) is 12.7. The van der Waals surface area contributed by atoms with Crippen LogP contribution in [0.1, 0.15) is 38.2 Å². The lowest BCUT2D eigenvalue weighted by Crippen LogP contribution is -2.42. The van der Waals surface area contributed by atoms with E-state index in [1.165, 1.54) is 0 Å². The highest BCUT2D eigenvalue weighted by Gasteiger charge is 2.48. The van der Waals surface area contributed by atoms with E-state index in [2.05, 4.69) is 6.07 Å². The van der Waals surface area contributed by atoms with Crippen molar-refractivity contribution in [2.75, 3.05) is 0 Å². The van der Waals surface area contributed by atoms with Crippen molar-refractivity contribution in [1.82, 2.24) is 0 Å². The summed E-state index contributed by atoms with van der Waals surface area (Å²) in [6.45, 7) is 3.71. The zero-order chi connectivity index (χ0) is 15.9. The molecule has 2 unspecified atom stereocenters. The number of nitriles is 1. The molecule has 0 spiro atoms. The smallest absolute Gasteiger partial charge is 0.205 e. The van der Waals surface area contributed by atoms with Crippen molar-refractivity contribution in [3.63, 3.8) is 0 Å². The number of Topliss-reactive ketones (excluding diaryl/α,β-unsaturated/α-hetero) is 1. The fourth-order valence-electron chi connectivity index (χ4n) is 3.54. The van der Waals surface area contributed by atoms with Crippen molar-refractivity contribution in [2.45, 2.75) is 32.6 Å². The topological polar surface area (TPSA) is 73.9 Å². The van der Waals surface area contributed by atoms with Gasteiger partial charge < -0.3 is 4.74 Å². The van der Waals surface area contributed by atoms with E-state index in [0.29, 0.717) is 24.2 Å². The average molecular weight is 294 g/mol. The Hall–Kier alpha value is -2.41. The Balaban J connectivity index is 2.02. The van der Waals surface area contributed by atoms with Crippen LogP contribution in [0.5, 0.6) is 0 Å². The summed E-state index contributed by atoms with van der Waals surface area (Å²) in [5.41, 5.74) is 1.04. The molecule has 1 aromatic carbocycles. The molecule has 0 radical (unpaired) electrons. The van der Waals surface area contributed by atoms with Crippen LogP contribution in [0.15, 0.2) is 41.7 Å². The van der Waals surface area contributed by atoms with E-state index in [-0.39, 0.29) is 17.6 Å². The molecule has 0 bridgehead atoms. The largest absolute Gasteiger partial charge is 0.446 e. The number of allylic oxidation sites excluding steroid dienone is 2. The van der Waals surface area contributed by atoms with Crippen LogP contribution in [0.4, 0.5) is 0 Å². The number of ether oxygens (including phenoxy) is 1. The van der Waals surface area contributed by atoms with Crippen LogP contribution >= 0.6 is 0 Å². The minimum Gasteiger partial charge on any atom is -0.446 e. The van der Waals surface area contributed by atoms with E-state index in [1.807, 2.05) is 44.2 Å². The minimum atomic E-state index is -0.705. The summed E-state index contributed by atoms with van der Waals surface area (Å²) >= 11 is 0. The van der Waals surface area contributed by atoms with Crippen molar-refractivity contribution < 1.29 is 9.53 Å². The average Bonchev–Trinajstić information content (AvgIpc) is 2.46. The molecule has 112 valence electrons. The second kappa shape index (κ2) is 5.10. The maximum absolute atomic E-state index is 12.7. The quantitative estimate of drug-likeness (QED) is 0.860. The number of carbonyl (C=O) groups excluding carboxylic acids is 1. The van der Waals surface area contributed by atoms with E-state index < -0.39 is 11.3 Å². The zero-order valence-corrected chi connectivity index (χ0v) is 12.7. The summed E-state index contributed by atoms with van der Waals surface area (Å²) in [6, 6.07) is 12.0. The predicted molar refractivity (Wildman–Crippen MR) is 82.1 cm³/mol. The third-order valence-corrected chi connectivity index (χ3v) is 4.68. The Morgan fingerprint density at radius 2 is 1.95 bits per heavy atom. The van der Waals surface area contributed by atoms with Crippen molar-refractivity contribution in [3.8, 4) is 6.07 Å². The number of benzene rings is 1. The van der Waals surface area contributed by atoms with Crippen molar-refractivity contribution in [2.24, 2.45) is 11.3 Å². The monoisotopic (exact) mass is 294 g/mol. The highest BCUT2D eigenvalue weighted by Crippen LogP contribution is 2.48. The number of nitrogens with one attached hydrogen (secondary N) is 1. The first-order chi connectivity index (χ1) is 10.4. The van der Waals surface area contributed by atoms with Crippen LogP contribution in [0.3, 0.4) is 0 Å². The van der Waals surface area contributed by atoms with Gasteiger partial charge in [-0.05, 0) is 11.5 Å². The van der Waals surface area contributed by atoms with E-state index in [9.17, 15) is 10.1 Å². The molecule has 1 aliphatic heterocycles. The van der Waals surface area contributed by atoms with Crippen molar-refractivity contribution >= 4 is 11.7 Å². The molecule has 0 fully saturated rings. The molecule has 1 heterocycles.